The average molecular weight is 899 g/mol. The van der Waals surface area contributed by atoms with Crippen LogP contribution in [-0.4, -0.2) is 35.1 Å². The van der Waals surface area contributed by atoms with E-state index in [2.05, 4.69) is 0 Å². The van der Waals surface area contributed by atoms with Gasteiger partial charge < -0.3 is 9.47 Å². The summed E-state index contributed by atoms with van der Waals surface area (Å²) in [5.74, 6) is -10.3. The molecule has 8 aromatic rings. The van der Waals surface area contributed by atoms with Gasteiger partial charge in [0.15, 0.2) is 0 Å². The van der Waals surface area contributed by atoms with Gasteiger partial charge in [0.05, 0.1) is 36.4 Å². The van der Waals surface area contributed by atoms with Crippen molar-refractivity contribution < 1.29 is 55.8 Å². The number of ether oxygens (including phenoxy) is 2. The Hall–Kier alpha value is -7.20. The monoisotopic (exact) mass is 898 g/mol. The first kappa shape index (κ1) is 39.9. The van der Waals surface area contributed by atoms with E-state index in [1.807, 2.05) is 0 Å². The molecule has 0 N–H and O–H groups in total. The molecule has 0 saturated carbocycles. The standard InChI is InChI=1S/C48H22F4O8S3/c49-23-11-27-29(40(53)42(55)35(27)32(51)13-23)15-25-17-31-37(47(57)59-19-21-7-3-1-4-8-21)46-38(39(44(31)61-25)48(58)60-20-22-9-5-2-6-10-22)45-34(63-46)18-26(62-45)16-30-28-12-24(50)14-33(52)36(28)43(56)41(30)54/h1-18H,19-20H2/b29-15-,30-16-. The predicted molar refractivity (Wildman–Crippen MR) is 231 cm³/mol. The minimum atomic E-state index is -1.20. The Kier molecular flexibility index (Phi) is 9.70. The van der Waals surface area contributed by atoms with Crippen molar-refractivity contribution in [1.29, 1.82) is 0 Å². The molecule has 0 atom stereocenters. The van der Waals surface area contributed by atoms with Gasteiger partial charge in [-0.3, -0.25) is 19.2 Å². The highest BCUT2D eigenvalue weighted by atomic mass is 32.1. The van der Waals surface area contributed by atoms with Crippen LogP contribution in [0.3, 0.4) is 0 Å². The van der Waals surface area contributed by atoms with E-state index in [0.717, 1.165) is 46.1 Å². The Bertz CT molecular complexity index is 3450. The van der Waals surface area contributed by atoms with Crippen LogP contribution in [0.2, 0.25) is 0 Å². The quantitative estimate of drug-likeness (QED) is 0.0640. The van der Waals surface area contributed by atoms with E-state index in [9.17, 15) is 46.3 Å². The Labute approximate surface area is 363 Å². The minimum Gasteiger partial charge on any atom is -0.457 e. The molecule has 0 aliphatic heterocycles. The second-order valence-electron chi connectivity index (χ2n) is 14.5. The number of Topliss-reactive ketones (excluding diaryl/α,β-unsaturated/α-hetero) is 4. The van der Waals surface area contributed by atoms with Gasteiger partial charge in [0, 0.05) is 59.6 Å². The number of carbonyl (C=O) groups is 6. The number of thiophene rings is 3. The van der Waals surface area contributed by atoms with Crippen molar-refractivity contribution in [2.75, 3.05) is 0 Å². The van der Waals surface area contributed by atoms with E-state index in [4.69, 9.17) is 9.47 Å². The second-order valence-corrected chi connectivity index (χ2v) is 17.7. The Morgan fingerprint density at radius 2 is 1.00 bits per heavy atom. The van der Waals surface area contributed by atoms with E-state index in [1.54, 1.807) is 66.7 Å². The SMILES string of the molecule is O=C1C(=O)c2c(F)cc(F)cc2/C1=C/c1cc2c(C(=O)OCc3ccccc3)c3sc4cc(/C=C5\C(=O)C(=O)c6c(F)cc(F)cc65)sc4c3c(C(=O)OCc3ccccc3)c2s1. The van der Waals surface area contributed by atoms with Crippen molar-refractivity contribution in [3.63, 3.8) is 0 Å². The number of esters is 2. The zero-order valence-electron chi connectivity index (χ0n) is 31.8. The number of halogens is 4. The van der Waals surface area contributed by atoms with Crippen LogP contribution in [0, 0.1) is 23.3 Å². The van der Waals surface area contributed by atoms with E-state index >= 15 is 0 Å². The van der Waals surface area contributed by atoms with E-state index in [0.29, 0.717) is 42.2 Å². The molecule has 308 valence electrons. The number of hydrogen-bond donors (Lipinski definition) is 0. The van der Waals surface area contributed by atoms with Gasteiger partial charge in [-0.1, -0.05) is 60.7 Å². The van der Waals surface area contributed by atoms with Gasteiger partial charge in [0.2, 0.25) is 23.1 Å². The summed E-state index contributed by atoms with van der Waals surface area (Å²) >= 11 is 3.15. The van der Waals surface area contributed by atoms with Crippen LogP contribution >= 0.6 is 34.0 Å². The molecule has 63 heavy (non-hydrogen) atoms. The molecule has 0 unspecified atom stereocenters. The zero-order chi connectivity index (χ0) is 43.8. The van der Waals surface area contributed by atoms with E-state index < -0.39 is 69.5 Å². The third-order valence-electron chi connectivity index (χ3n) is 10.6. The molecule has 0 bridgehead atoms. The van der Waals surface area contributed by atoms with Crippen LogP contribution in [0.25, 0.3) is 52.9 Å². The summed E-state index contributed by atoms with van der Waals surface area (Å²) in [6.07, 6.45) is 2.62. The summed E-state index contributed by atoms with van der Waals surface area (Å²) in [5.41, 5.74) is -0.644. The molecular weight excluding hydrogens is 877 g/mol. The predicted octanol–water partition coefficient (Wildman–Crippen LogP) is 11.2. The summed E-state index contributed by atoms with van der Waals surface area (Å²) in [5, 5.41) is 0.495. The lowest BCUT2D eigenvalue weighted by molar-refractivity contribution is -0.110. The highest BCUT2D eigenvalue weighted by Gasteiger charge is 2.39. The summed E-state index contributed by atoms with van der Waals surface area (Å²) in [6.45, 7) is -0.268. The average Bonchev–Trinajstić information content (AvgIpc) is 4.05. The number of hydrogen-bond acceptors (Lipinski definition) is 11. The Morgan fingerprint density at radius 3 is 1.52 bits per heavy atom. The van der Waals surface area contributed by atoms with Gasteiger partial charge in [0.25, 0.3) is 0 Å². The first-order valence-electron chi connectivity index (χ1n) is 18.8. The lowest BCUT2D eigenvalue weighted by Gasteiger charge is -2.12. The molecule has 0 amide bonds. The molecular formula is C48H22F4O8S3. The fraction of sp³-hybridized carbons (Fsp3) is 0.0417. The third-order valence-corrected chi connectivity index (χ3v) is 14.0. The maximum absolute atomic E-state index is 14.8. The lowest BCUT2D eigenvalue weighted by Crippen LogP contribution is -2.10. The Balaban J connectivity index is 1.20. The van der Waals surface area contributed by atoms with Gasteiger partial charge in [-0.25, -0.2) is 27.2 Å². The highest BCUT2D eigenvalue weighted by molar-refractivity contribution is 7.33. The largest absolute Gasteiger partial charge is 0.457 e. The maximum Gasteiger partial charge on any atom is 0.340 e. The number of rotatable bonds is 8. The van der Waals surface area contributed by atoms with Crippen LogP contribution < -0.4 is 0 Å². The first-order chi connectivity index (χ1) is 30.4. The molecule has 8 nitrogen and oxygen atoms in total. The molecule has 0 spiro atoms. The smallest absolute Gasteiger partial charge is 0.340 e. The summed E-state index contributed by atoms with van der Waals surface area (Å²) in [6, 6.07) is 23.8. The second kappa shape index (κ2) is 15.3. The molecule has 2 aliphatic carbocycles. The molecule has 5 aromatic carbocycles. The van der Waals surface area contributed by atoms with Crippen LogP contribution in [0.1, 0.15) is 73.4 Å². The maximum atomic E-state index is 14.8. The van der Waals surface area contributed by atoms with Crippen molar-refractivity contribution in [3.05, 3.63) is 175 Å². The van der Waals surface area contributed by atoms with E-state index in [1.165, 1.54) is 18.2 Å². The summed E-state index contributed by atoms with van der Waals surface area (Å²) in [7, 11) is 0. The van der Waals surface area contributed by atoms with Crippen molar-refractivity contribution in [1.82, 2.24) is 0 Å². The van der Waals surface area contributed by atoms with E-state index in [-0.39, 0.29) is 67.0 Å². The van der Waals surface area contributed by atoms with Gasteiger partial charge in [0.1, 0.15) is 36.5 Å². The molecule has 2 aliphatic rings. The number of benzene rings is 5. The molecule has 15 heteroatoms. The zero-order valence-corrected chi connectivity index (χ0v) is 34.3. The van der Waals surface area contributed by atoms with Gasteiger partial charge in [-0.2, -0.15) is 0 Å². The normalized spacial score (nSPS) is 14.8. The summed E-state index contributed by atoms with van der Waals surface area (Å²) < 4.78 is 71.7. The van der Waals surface area contributed by atoms with Crippen LogP contribution in [0.4, 0.5) is 17.6 Å². The van der Waals surface area contributed by atoms with Crippen LogP contribution in [0.15, 0.2) is 97.1 Å². The van der Waals surface area contributed by atoms with Crippen molar-refractivity contribution in [2.45, 2.75) is 13.2 Å². The topological polar surface area (TPSA) is 121 Å². The number of carbonyl (C=O) groups excluding carboxylic acids is 6. The van der Waals surface area contributed by atoms with Crippen molar-refractivity contribution in [2.24, 2.45) is 0 Å². The molecule has 10 rings (SSSR count). The first-order valence-corrected chi connectivity index (χ1v) is 21.3. The number of allylic oxidation sites excluding steroid dienone is 2. The fourth-order valence-electron chi connectivity index (χ4n) is 7.78. The molecule has 3 heterocycles. The van der Waals surface area contributed by atoms with Gasteiger partial charge in [-0.05, 0) is 47.5 Å². The van der Waals surface area contributed by atoms with Crippen LogP contribution in [0.5, 0.6) is 0 Å². The summed E-state index contributed by atoms with van der Waals surface area (Å²) in [4.78, 5) is 81.7. The lowest BCUT2D eigenvalue weighted by atomic mass is 10.0. The number of fused-ring (bicyclic) bond motifs is 6. The minimum absolute atomic E-state index is 0.0189. The third kappa shape index (κ3) is 6.72. The van der Waals surface area contributed by atoms with Gasteiger partial charge in [-0.15, -0.1) is 34.0 Å². The van der Waals surface area contributed by atoms with Crippen molar-refractivity contribution in [3.8, 4) is 0 Å². The fourth-order valence-corrected chi connectivity index (χ4v) is 11.6. The molecule has 0 saturated heterocycles. The van der Waals surface area contributed by atoms with Crippen molar-refractivity contribution >= 4 is 122 Å². The molecule has 0 radical (unpaired) electrons. The molecule has 0 fully saturated rings. The Morgan fingerprint density at radius 1 is 0.524 bits per heavy atom. The van der Waals surface area contributed by atoms with Crippen LogP contribution in [-0.2, 0) is 32.3 Å². The number of ketones is 4. The molecule has 3 aromatic heterocycles. The highest BCUT2D eigenvalue weighted by Crippen LogP contribution is 2.49. The van der Waals surface area contributed by atoms with Gasteiger partial charge >= 0.3 is 11.9 Å².